The summed E-state index contributed by atoms with van der Waals surface area (Å²) in [4.78, 5) is 21.3. The Morgan fingerprint density at radius 3 is 1.75 bits per heavy atom. The Morgan fingerprint density at radius 1 is 1.06 bits per heavy atom. The second-order valence-electron chi connectivity index (χ2n) is 2.98. The maximum absolute atomic E-state index is 10.7. The van der Waals surface area contributed by atoms with Crippen LogP contribution >= 0.6 is 0 Å². The van der Waals surface area contributed by atoms with Gasteiger partial charge >= 0.3 is 11.9 Å². The number of esters is 2. The summed E-state index contributed by atoms with van der Waals surface area (Å²) in [5, 5.41) is 9.41. The van der Waals surface area contributed by atoms with Crippen LogP contribution in [0.2, 0.25) is 0 Å². The van der Waals surface area contributed by atoms with Crippen LogP contribution in [-0.4, -0.2) is 37.4 Å². The molecule has 0 aliphatic rings. The lowest BCUT2D eigenvalue weighted by atomic mass is 10.1. The molecule has 16 heavy (non-hydrogen) atoms. The van der Waals surface area contributed by atoms with Crippen LogP contribution < -0.4 is 0 Å². The van der Waals surface area contributed by atoms with Gasteiger partial charge in [0, 0.05) is 12.2 Å². The molecule has 0 atom stereocenters. The van der Waals surface area contributed by atoms with Gasteiger partial charge in [-0.2, -0.15) is 0 Å². The minimum Gasteiger partial charge on any atom is -0.466 e. The van der Waals surface area contributed by atoms with E-state index in [1.807, 2.05) is 0 Å². The van der Waals surface area contributed by atoms with Crippen LogP contribution in [0.4, 0.5) is 0 Å². The third-order valence-electron chi connectivity index (χ3n) is 1.73. The zero-order valence-electron chi connectivity index (χ0n) is 9.38. The summed E-state index contributed by atoms with van der Waals surface area (Å²) < 4.78 is 8.75. The zero-order chi connectivity index (χ0) is 12.4. The number of carbonyl (C=O) groups is 2. The minimum absolute atomic E-state index is 0.320. The third kappa shape index (κ3) is 7.75. The molecular formula is C11H16O5. The second-order valence-corrected chi connectivity index (χ2v) is 2.98. The van der Waals surface area contributed by atoms with Crippen molar-refractivity contribution in [2.75, 3.05) is 14.2 Å². The first-order chi connectivity index (χ1) is 7.60. The molecule has 0 saturated heterocycles. The average molecular weight is 228 g/mol. The van der Waals surface area contributed by atoms with Crippen molar-refractivity contribution in [1.82, 2.24) is 0 Å². The van der Waals surface area contributed by atoms with E-state index >= 15 is 0 Å². The van der Waals surface area contributed by atoms with Gasteiger partial charge in [-0.25, -0.2) is 9.59 Å². The molecule has 0 bridgehead atoms. The van der Waals surface area contributed by atoms with Crippen molar-refractivity contribution in [3.63, 3.8) is 0 Å². The molecule has 5 heteroatoms. The van der Waals surface area contributed by atoms with E-state index in [0.717, 1.165) is 0 Å². The van der Waals surface area contributed by atoms with Crippen molar-refractivity contribution in [2.45, 2.75) is 18.9 Å². The molecule has 0 unspecified atom stereocenters. The highest BCUT2D eigenvalue weighted by molar-refractivity contribution is 5.82. The van der Waals surface area contributed by atoms with E-state index in [2.05, 4.69) is 9.47 Å². The molecule has 0 aliphatic heterocycles. The molecule has 5 nitrogen and oxygen atoms in total. The number of ether oxygens (including phenoxy) is 2. The molecule has 90 valence electrons. The molecule has 0 amide bonds. The molecule has 0 spiro atoms. The van der Waals surface area contributed by atoms with Gasteiger partial charge in [0.1, 0.15) is 0 Å². The molecule has 0 fully saturated rings. The summed E-state index contributed by atoms with van der Waals surface area (Å²) in [6, 6.07) is 0. The first-order valence-electron chi connectivity index (χ1n) is 4.77. The molecular weight excluding hydrogens is 212 g/mol. The van der Waals surface area contributed by atoms with Gasteiger partial charge in [-0.05, 0) is 12.8 Å². The smallest absolute Gasteiger partial charge is 0.330 e. The summed E-state index contributed by atoms with van der Waals surface area (Å²) in [6.07, 6.45) is 5.52. The summed E-state index contributed by atoms with van der Waals surface area (Å²) >= 11 is 0. The Bertz CT molecular complexity index is 252. The van der Waals surface area contributed by atoms with Crippen LogP contribution in [0.3, 0.4) is 0 Å². The third-order valence-corrected chi connectivity index (χ3v) is 1.73. The lowest BCUT2D eigenvalue weighted by molar-refractivity contribution is -0.135. The molecule has 0 radical (unpaired) electrons. The van der Waals surface area contributed by atoms with E-state index < -0.39 is 18.0 Å². The van der Waals surface area contributed by atoms with Crippen LogP contribution in [0, 0.1) is 0 Å². The Kier molecular flexibility index (Phi) is 7.79. The fourth-order valence-electron chi connectivity index (χ4n) is 0.875. The summed E-state index contributed by atoms with van der Waals surface area (Å²) in [7, 11) is 2.56. The largest absolute Gasteiger partial charge is 0.466 e. The normalized spacial score (nSPS) is 11.2. The minimum atomic E-state index is -0.637. The molecule has 0 aromatic rings. The fraction of sp³-hybridized carbons (Fsp3) is 0.455. The first kappa shape index (κ1) is 14.4. The number of hydrogen-bond acceptors (Lipinski definition) is 5. The van der Waals surface area contributed by atoms with Crippen molar-refractivity contribution in [3.8, 4) is 0 Å². The van der Waals surface area contributed by atoms with Crippen LogP contribution in [0.15, 0.2) is 24.3 Å². The fourth-order valence-corrected chi connectivity index (χ4v) is 0.875. The Hall–Kier alpha value is -1.62. The topological polar surface area (TPSA) is 72.8 Å². The van der Waals surface area contributed by atoms with Crippen LogP contribution in [0.1, 0.15) is 12.8 Å². The molecule has 0 aromatic heterocycles. The zero-order valence-corrected chi connectivity index (χ0v) is 9.38. The Labute approximate surface area is 94.4 Å². The quantitative estimate of drug-likeness (QED) is 0.532. The predicted octanol–water partition coefficient (Wildman–Crippen LogP) is 0.586. The summed E-state index contributed by atoms with van der Waals surface area (Å²) in [5.41, 5.74) is 0. The number of rotatable bonds is 6. The van der Waals surface area contributed by atoms with Crippen molar-refractivity contribution in [2.24, 2.45) is 0 Å². The maximum Gasteiger partial charge on any atom is 0.330 e. The van der Waals surface area contributed by atoms with Gasteiger partial charge in [0.2, 0.25) is 0 Å². The van der Waals surface area contributed by atoms with E-state index in [1.165, 1.54) is 38.5 Å². The predicted molar refractivity (Wildman–Crippen MR) is 57.6 cm³/mol. The van der Waals surface area contributed by atoms with E-state index in [9.17, 15) is 14.7 Å². The van der Waals surface area contributed by atoms with Crippen LogP contribution in [-0.2, 0) is 19.1 Å². The van der Waals surface area contributed by atoms with Gasteiger partial charge in [0.25, 0.3) is 0 Å². The number of methoxy groups -OCH3 is 2. The summed E-state index contributed by atoms with van der Waals surface area (Å²) in [5.74, 6) is -0.922. The van der Waals surface area contributed by atoms with Crippen molar-refractivity contribution < 1.29 is 24.2 Å². The van der Waals surface area contributed by atoms with Gasteiger partial charge in [0.05, 0.1) is 20.3 Å². The highest BCUT2D eigenvalue weighted by atomic mass is 16.5. The molecule has 1 N–H and O–H groups in total. The van der Waals surface area contributed by atoms with Crippen molar-refractivity contribution >= 4 is 11.9 Å². The van der Waals surface area contributed by atoms with Gasteiger partial charge in [-0.3, -0.25) is 0 Å². The second kappa shape index (κ2) is 8.67. The highest BCUT2D eigenvalue weighted by Crippen LogP contribution is 2.00. The number of aliphatic hydroxyl groups excluding tert-OH is 1. The van der Waals surface area contributed by atoms with Crippen molar-refractivity contribution in [3.05, 3.63) is 24.3 Å². The Balaban J connectivity index is 3.78. The van der Waals surface area contributed by atoms with Crippen LogP contribution in [0.5, 0.6) is 0 Å². The van der Waals surface area contributed by atoms with E-state index in [-0.39, 0.29) is 0 Å². The molecule has 0 heterocycles. The lowest BCUT2D eigenvalue weighted by Gasteiger charge is -2.02. The molecule has 0 rings (SSSR count). The summed E-state index contributed by atoms with van der Waals surface area (Å²) in [6.45, 7) is 0. The maximum atomic E-state index is 10.7. The monoisotopic (exact) mass is 228 g/mol. The standard InChI is InChI=1S/C11H16O5/c1-15-10(13)7-3-5-9(12)6-4-8-11(14)16-2/h3-4,7-9,12H,5-6H2,1-2H3/b7-3+,8-4+. The van der Waals surface area contributed by atoms with Gasteiger partial charge in [-0.15, -0.1) is 0 Å². The highest BCUT2D eigenvalue weighted by Gasteiger charge is 2.00. The van der Waals surface area contributed by atoms with E-state index in [4.69, 9.17) is 0 Å². The van der Waals surface area contributed by atoms with Gasteiger partial charge < -0.3 is 14.6 Å². The van der Waals surface area contributed by atoms with Crippen molar-refractivity contribution in [1.29, 1.82) is 0 Å². The van der Waals surface area contributed by atoms with E-state index in [1.54, 1.807) is 0 Å². The average Bonchev–Trinajstić information content (AvgIpc) is 2.28. The van der Waals surface area contributed by atoms with Gasteiger partial charge in [-0.1, -0.05) is 12.2 Å². The molecule has 0 aliphatic carbocycles. The number of hydrogen-bond donors (Lipinski definition) is 1. The first-order valence-corrected chi connectivity index (χ1v) is 4.77. The Morgan fingerprint density at radius 2 is 1.44 bits per heavy atom. The van der Waals surface area contributed by atoms with Gasteiger partial charge in [0.15, 0.2) is 0 Å². The SMILES string of the molecule is COC(=O)/C=C/CC(O)C/C=C/C(=O)OC. The number of carbonyl (C=O) groups excluding carboxylic acids is 2. The van der Waals surface area contributed by atoms with E-state index in [0.29, 0.717) is 12.8 Å². The molecule has 0 saturated carbocycles. The molecule has 0 aromatic carbocycles. The number of aliphatic hydroxyl groups is 1. The lowest BCUT2D eigenvalue weighted by Crippen LogP contribution is -2.04. The van der Waals surface area contributed by atoms with Crippen LogP contribution in [0.25, 0.3) is 0 Å².